The summed E-state index contributed by atoms with van der Waals surface area (Å²) in [5.41, 5.74) is 8.73. The highest BCUT2D eigenvalue weighted by molar-refractivity contribution is 5.88. The van der Waals surface area contributed by atoms with Gasteiger partial charge in [-0.3, -0.25) is 0 Å². The molecule has 132 valence electrons. The molecule has 26 heavy (non-hydrogen) atoms. The summed E-state index contributed by atoms with van der Waals surface area (Å²) in [6.07, 6.45) is 2.59. The summed E-state index contributed by atoms with van der Waals surface area (Å²) >= 11 is 0. The lowest BCUT2D eigenvalue weighted by molar-refractivity contribution is -0.111. The molecule has 1 aromatic carbocycles. The number of aromatic nitrogens is 3. The van der Waals surface area contributed by atoms with E-state index < -0.39 is 0 Å². The topological polar surface area (TPSA) is 85.0 Å². The van der Waals surface area contributed by atoms with Crippen molar-refractivity contribution in [1.29, 1.82) is 0 Å². The fraction of sp³-hybridized carbons (Fsp3) is 0.263. The van der Waals surface area contributed by atoms with E-state index in [9.17, 15) is 9.18 Å². The smallest absolute Gasteiger partial charge is 0.222 e. The monoisotopic (exact) mass is 351 g/mol. The van der Waals surface area contributed by atoms with Crippen molar-refractivity contribution in [3.63, 3.8) is 0 Å². The van der Waals surface area contributed by atoms with Crippen LogP contribution in [0.2, 0.25) is 0 Å². The molecule has 0 aliphatic carbocycles. The number of halogens is 1. The van der Waals surface area contributed by atoms with Crippen molar-refractivity contribution >= 4 is 29.1 Å². The first-order chi connectivity index (χ1) is 12.6. The van der Waals surface area contributed by atoms with Gasteiger partial charge in [0.05, 0.1) is 11.2 Å². The van der Waals surface area contributed by atoms with Crippen LogP contribution in [0.1, 0.15) is 12.8 Å². The van der Waals surface area contributed by atoms with Gasteiger partial charge in [-0.1, -0.05) is 0 Å². The number of nitrogens with two attached hydrogens (primary N) is 1. The van der Waals surface area contributed by atoms with Gasteiger partial charge in [-0.05, 0) is 49.2 Å². The van der Waals surface area contributed by atoms with Gasteiger partial charge < -0.3 is 15.4 Å². The van der Waals surface area contributed by atoms with Crippen LogP contribution >= 0.6 is 0 Å². The number of aldehydes is 1. The van der Waals surface area contributed by atoms with Crippen LogP contribution in [0.15, 0.2) is 36.4 Å². The third-order valence-electron chi connectivity index (χ3n) is 4.71. The summed E-state index contributed by atoms with van der Waals surface area (Å²) in [6, 6.07) is 9.89. The second-order valence-electron chi connectivity index (χ2n) is 6.44. The number of hydrogen-bond acceptors (Lipinski definition) is 6. The lowest BCUT2D eigenvalue weighted by Gasteiger charge is -2.31. The Hall–Kier alpha value is -3.09. The highest BCUT2D eigenvalue weighted by Gasteiger charge is 2.22. The molecular formula is C19H18FN5O. The molecule has 1 aliphatic heterocycles. The second-order valence-corrected chi connectivity index (χ2v) is 6.44. The van der Waals surface area contributed by atoms with Crippen LogP contribution in [0, 0.1) is 11.7 Å². The molecule has 0 bridgehead atoms. The Morgan fingerprint density at radius 3 is 2.46 bits per heavy atom. The Morgan fingerprint density at radius 2 is 1.77 bits per heavy atom. The van der Waals surface area contributed by atoms with E-state index in [4.69, 9.17) is 10.7 Å². The van der Waals surface area contributed by atoms with Gasteiger partial charge in [-0.2, -0.15) is 4.98 Å². The zero-order valence-electron chi connectivity index (χ0n) is 14.1. The van der Waals surface area contributed by atoms with Crippen molar-refractivity contribution in [3.8, 4) is 11.3 Å². The van der Waals surface area contributed by atoms with E-state index in [2.05, 4.69) is 14.9 Å². The Morgan fingerprint density at radius 1 is 1.04 bits per heavy atom. The number of fused-ring (bicyclic) bond motifs is 1. The Labute approximate surface area is 149 Å². The molecule has 4 rings (SSSR count). The average Bonchev–Trinajstić information content (AvgIpc) is 2.68. The summed E-state index contributed by atoms with van der Waals surface area (Å²) in [7, 11) is 0. The third-order valence-corrected chi connectivity index (χ3v) is 4.71. The first-order valence-corrected chi connectivity index (χ1v) is 8.54. The van der Waals surface area contributed by atoms with Crippen molar-refractivity contribution < 1.29 is 9.18 Å². The van der Waals surface area contributed by atoms with E-state index in [1.54, 1.807) is 12.1 Å². The van der Waals surface area contributed by atoms with Crippen LogP contribution in [0.5, 0.6) is 0 Å². The Bertz CT molecular complexity index is 952. The van der Waals surface area contributed by atoms with E-state index in [1.807, 2.05) is 12.1 Å². The Kier molecular flexibility index (Phi) is 4.20. The molecule has 1 fully saturated rings. The van der Waals surface area contributed by atoms with Crippen LogP contribution in [0.3, 0.4) is 0 Å². The number of nitrogen functional groups attached to an aromatic ring is 1. The van der Waals surface area contributed by atoms with Gasteiger partial charge >= 0.3 is 0 Å². The standard InChI is InChI=1S/C19H18FN5O/c20-14-3-1-13(2-4-14)15-5-6-16-17(22-15)18(24-19(21)23-16)25-9-7-12(11-26)8-10-25/h1-6,11-12H,7-10H2,(H2,21,23,24). The van der Waals surface area contributed by atoms with Gasteiger partial charge in [0.1, 0.15) is 17.6 Å². The van der Waals surface area contributed by atoms with Crippen molar-refractivity contribution in [1.82, 2.24) is 15.0 Å². The largest absolute Gasteiger partial charge is 0.368 e. The van der Waals surface area contributed by atoms with Gasteiger partial charge in [0.2, 0.25) is 5.95 Å². The van der Waals surface area contributed by atoms with Crippen LogP contribution in [-0.2, 0) is 4.79 Å². The normalized spacial score (nSPS) is 15.3. The summed E-state index contributed by atoms with van der Waals surface area (Å²) in [5.74, 6) is 0.686. The summed E-state index contributed by atoms with van der Waals surface area (Å²) < 4.78 is 13.2. The zero-order valence-corrected chi connectivity index (χ0v) is 14.1. The van der Waals surface area contributed by atoms with Crippen LogP contribution < -0.4 is 10.6 Å². The predicted octanol–water partition coefficient (Wildman–Crippen LogP) is 2.83. The number of carbonyl (C=O) groups excluding carboxylic acids is 1. The number of nitrogens with zero attached hydrogens (tertiary/aromatic N) is 4. The Balaban J connectivity index is 1.77. The van der Waals surface area contributed by atoms with Gasteiger partial charge in [-0.15, -0.1) is 0 Å². The molecule has 2 aromatic heterocycles. The number of benzene rings is 1. The number of rotatable bonds is 3. The summed E-state index contributed by atoms with van der Waals surface area (Å²) in [5, 5.41) is 0. The van der Waals surface area contributed by atoms with Crippen molar-refractivity contribution in [2.45, 2.75) is 12.8 Å². The van der Waals surface area contributed by atoms with E-state index in [0.717, 1.165) is 43.5 Å². The van der Waals surface area contributed by atoms with Crippen molar-refractivity contribution in [2.75, 3.05) is 23.7 Å². The van der Waals surface area contributed by atoms with Crippen molar-refractivity contribution in [3.05, 3.63) is 42.2 Å². The lowest BCUT2D eigenvalue weighted by atomic mass is 9.98. The molecule has 6 nitrogen and oxygen atoms in total. The van der Waals surface area contributed by atoms with Crippen LogP contribution in [-0.4, -0.2) is 34.3 Å². The summed E-state index contributed by atoms with van der Waals surface area (Å²) in [4.78, 5) is 26.5. The van der Waals surface area contributed by atoms with Gasteiger partial charge in [0, 0.05) is 24.6 Å². The fourth-order valence-corrected chi connectivity index (χ4v) is 3.27. The minimum Gasteiger partial charge on any atom is -0.368 e. The molecule has 0 unspecified atom stereocenters. The number of carbonyl (C=O) groups is 1. The number of anilines is 2. The zero-order chi connectivity index (χ0) is 18.1. The molecule has 0 spiro atoms. The molecule has 0 saturated carbocycles. The molecule has 3 aromatic rings. The van der Waals surface area contributed by atoms with E-state index in [1.165, 1.54) is 12.1 Å². The van der Waals surface area contributed by atoms with E-state index in [0.29, 0.717) is 16.9 Å². The first kappa shape index (κ1) is 16.4. The second kappa shape index (κ2) is 6.67. The molecular weight excluding hydrogens is 333 g/mol. The predicted molar refractivity (Wildman–Crippen MR) is 98.1 cm³/mol. The third kappa shape index (κ3) is 3.08. The van der Waals surface area contributed by atoms with Crippen LogP contribution in [0.25, 0.3) is 22.3 Å². The fourth-order valence-electron chi connectivity index (χ4n) is 3.27. The van der Waals surface area contributed by atoms with Crippen LogP contribution in [0.4, 0.5) is 16.2 Å². The number of pyridine rings is 1. The minimum atomic E-state index is -0.288. The number of hydrogen-bond donors (Lipinski definition) is 1. The molecule has 0 radical (unpaired) electrons. The summed E-state index contributed by atoms with van der Waals surface area (Å²) in [6.45, 7) is 1.44. The SMILES string of the molecule is Nc1nc(N2CCC(C=O)CC2)c2nc(-c3ccc(F)cc3)ccc2n1. The van der Waals surface area contributed by atoms with E-state index in [-0.39, 0.29) is 17.7 Å². The molecule has 7 heteroatoms. The maximum absolute atomic E-state index is 13.2. The van der Waals surface area contributed by atoms with E-state index >= 15 is 0 Å². The van der Waals surface area contributed by atoms with Gasteiger partial charge in [0.15, 0.2) is 5.82 Å². The molecule has 1 saturated heterocycles. The first-order valence-electron chi connectivity index (χ1n) is 8.54. The maximum atomic E-state index is 13.2. The highest BCUT2D eigenvalue weighted by atomic mass is 19.1. The molecule has 0 atom stereocenters. The van der Waals surface area contributed by atoms with Gasteiger partial charge in [0.25, 0.3) is 0 Å². The lowest BCUT2D eigenvalue weighted by Crippen LogP contribution is -2.35. The van der Waals surface area contributed by atoms with Crippen molar-refractivity contribution in [2.24, 2.45) is 5.92 Å². The molecule has 2 N–H and O–H groups in total. The average molecular weight is 351 g/mol. The molecule has 0 amide bonds. The molecule has 1 aliphatic rings. The maximum Gasteiger partial charge on any atom is 0.222 e. The molecule has 3 heterocycles. The minimum absolute atomic E-state index is 0.0967. The number of piperidine rings is 1. The highest BCUT2D eigenvalue weighted by Crippen LogP contribution is 2.29. The quantitative estimate of drug-likeness (QED) is 0.731. The van der Waals surface area contributed by atoms with Gasteiger partial charge in [-0.25, -0.2) is 14.4 Å².